The number of nitrogens with zero attached hydrogens (tertiary/aromatic N) is 1. The summed E-state index contributed by atoms with van der Waals surface area (Å²) in [7, 11) is 4.38. The molecule has 7 heteroatoms. The number of benzene rings is 1. The van der Waals surface area contributed by atoms with Gasteiger partial charge in [0.2, 0.25) is 5.91 Å². The van der Waals surface area contributed by atoms with Gasteiger partial charge in [-0.1, -0.05) is 0 Å². The standard InChI is InChI=1S/C13H18FN3O3/c1-16-12(18)4-5-17(2)11-6-8(13(19)20-3)10(15)7-9(11)14/h6-7H,4-5,15H2,1-3H3,(H,16,18). The molecule has 0 aliphatic rings. The van der Waals surface area contributed by atoms with Gasteiger partial charge in [-0.25, -0.2) is 9.18 Å². The van der Waals surface area contributed by atoms with Gasteiger partial charge in [-0.3, -0.25) is 4.79 Å². The highest BCUT2D eigenvalue weighted by molar-refractivity contribution is 5.96. The number of ether oxygens (including phenoxy) is 1. The highest BCUT2D eigenvalue weighted by Crippen LogP contribution is 2.25. The number of carbonyl (C=O) groups excluding carboxylic acids is 2. The molecule has 0 saturated heterocycles. The maximum Gasteiger partial charge on any atom is 0.340 e. The molecule has 1 aromatic rings. The SMILES string of the molecule is CNC(=O)CCN(C)c1cc(C(=O)OC)c(N)cc1F. The summed E-state index contributed by atoms with van der Waals surface area (Å²) >= 11 is 0. The molecule has 0 aliphatic heterocycles. The fourth-order valence-electron chi connectivity index (χ4n) is 1.67. The van der Waals surface area contributed by atoms with Crippen LogP contribution in [0.1, 0.15) is 16.8 Å². The first-order chi connectivity index (χ1) is 9.40. The van der Waals surface area contributed by atoms with Gasteiger partial charge in [0.05, 0.1) is 18.4 Å². The third-order valence-corrected chi connectivity index (χ3v) is 2.89. The van der Waals surface area contributed by atoms with Gasteiger partial charge in [0.15, 0.2) is 0 Å². The molecule has 0 spiro atoms. The summed E-state index contributed by atoms with van der Waals surface area (Å²) in [4.78, 5) is 24.2. The van der Waals surface area contributed by atoms with Crippen molar-refractivity contribution in [3.05, 3.63) is 23.5 Å². The smallest absolute Gasteiger partial charge is 0.340 e. The number of halogens is 1. The molecular formula is C13H18FN3O3. The Morgan fingerprint density at radius 1 is 1.45 bits per heavy atom. The van der Waals surface area contributed by atoms with E-state index in [0.29, 0.717) is 6.54 Å². The van der Waals surface area contributed by atoms with E-state index in [4.69, 9.17) is 5.73 Å². The first kappa shape index (κ1) is 15.7. The molecule has 0 atom stereocenters. The van der Waals surface area contributed by atoms with Gasteiger partial charge in [-0.15, -0.1) is 0 Å². The van der Waals surface area contributed by atoms with Crippen molar-refractivity contribution in [3.63, 3.8) is 0 Å². The minimum absolute atomic E-state index is 0.0119. The number of carbonyl (C=O) groups is 2. The molecular weight excluding hydrogens is 265 g/mol. The Balaban J connectivity index is 2.99. The Labute approximate surface area is 116 Å². The third-order valence-electron chi connectivity index (χ3n) is 2.89. The van der Waals surface area contributed by atoms with Crippen LogP contribution in [0.5, 0.6) is 0 Å². The van der Waals surface area contributed by atoms with Crippen LogP contribution >= 0.6 is 0 Å². The van der Waals surface area contributed by atoms with Crippen molar-refractivity contribution in [1.29, 1.82) is 0 Å². The number of hydrogen-bond donors (Lipinski definition) is 2. The first-order valence-corrected chi connectivity index (χ1v) is 5.99. The van der Waals surface area contributed by atoms with Crippen molar-refractivity contribution in [2.24, 2.45) is 0 Å². The Kier molecular flexibility index (Phi) is 5.31. The van der Waals surface area contributed by atoms with Crippen LogP contribution in [0, 0.1) is 5.82 Å². The third kappa shape index (κ3) is 3.59. The van der Waals surface area contributed by atoms with E-state index in [1.54, 1.807) is 7.05 Å². The number of esters is 1. The number of methoxy groups -OCH3 is 1. The topological polar surface area (TPSA) is 84.7 Å². The highest BCUT2D eigenvalue weighted by Gasteiger charge is 2.17. The van der Waals surface area contributed by atoms with E-state index in [2.05, 4.69) is 10.1 Å². The first-order valence-electron chi connectivity index (χ1n) is 5.99. The van der Waals surface area contributed by atoms with Crippen molar-refractivity contribution in [2.75, 3.05) is 38.4 Å². The number of nitrogens with one attached hydrogen (secondary N) is 1. The van der Waals surface area contributed by atoms with Gasteiger partial charge in [0, 0.05) is 32.7 Å². The quantitative estimate of drug-likeness (QED) is 0.616. The number of nitrogens with two attached hydrogens (primary N) is 1. The summed E-state index contributed by atoms with van der Waals surface area (Å²) in [5, 5.41) is 2.48. The van der Waals surface area contributed by atoms with Crippen LogP contribution in [0.15, 0.2) is 12.1 Å². The zero-order chi connectivity index (χ0) is 15.3. The monoisotopic (exact) mass is 283 g/mol. The molecule has 0 saturated carbocycles. The van der Waals surface area contributed by atoms with Crippen LogP contribution < -0.4 is 16.0 Å². The number of rotatable bonds is 5. The zero-order valence-corrected chi connectivity index (χ0v) is 11.7. The Morgan fingerprint density at radius 2 is 2.10 bits per heavy atom. The van der Waals surface area contributed by atoms with Gasteiger partial charge in [0.25, 0.3) is 0 Å². The summed E-state index contributed by atoms with van der Waals surface area (Å²) in [6.45, 7) is 0.307. The van der Waals surface area contributed by atoms with Gasteiger partial charge >= 0.3 is 5.97 Å². The predicted molar refractivity (Wildman–Crippen MR) is 74.1 cm³/mol. The molecule has 1 amide bonds. The normalized spacial score (nSPS) is 10.0. The van der Waals surface area contributed by atoms with E-state index in [1.807, 2.05) is 0 Å². The van der Waals surface area contributed by atoms with E-state index in [9.17, 15) is 14.0 Å². The van der Waals surface area contributed by atoms with E-state index >= 15 is 0 Å². The molecule has 0 bridgehead atoms. The summed E-state index contributed by atoms with van der Waals surface area (Å²) in [5.74, 6) is -1.35. The van der Waals surface area contributed by atoms with Crippen LogP contribution in [-0.4, -0.2) is 39.6 Å². The fourth-order valence-corrected chi connectivity index (χ4v) is 1.67. The molecule has 0 unspecified atom stereocenters. The number of amides is 1. The molecule has 1 aromatic carbocycles. The molecule has 1 rings (SSSR count). The van der Waals surface area contributed by atoms with Crippen LogP contribution in [0.25, 0.3) is 0 Å². The predicted octanol–water partition coefficient (Wildman–Crippen LogP) is 0.767. The highest BCUT2D eigenvalue weighted by atomic mass is 19.1. The second-order valence-corrected chi connectivity index (χ2v) is 4.23. The lowest BCUT2D eigenvalue weighted by Crippen LogP contribution is -2.27. The van der Waals surface area contributed by atoms with Gasteiger partial charge < -0.3 is 20.7 Å². The maximum absolute atomic E-state index is 13.9. The molecule has 0 radical (unpaired) electrons. The van der Waals surface area contributed by atoms with Crippen molar-refractivity contribution < 1.29 is 18.7 Å². The van der Waals surface area contributed by atoms with Crippen molar-refractivity contribution in [2.45, 2.75) is 6.42 Å². The number of hydrogen-bond acceptors (Lipinski definition) is 5. The van der Waals surface area contributed by atoms with E-state index in [-0.39, 0.29) is 29.3 Å². The van der Waals surface area contributed by atoms with Crippen LogP contribution in [0.4, 0.5) is 15.8 Å². The number of nitrogen functional groups attached to an aromatic ring is 1. The van der Waals surface area contributed by atoms with Crippen molar-refractivity contribution >= 4 is 23.3 Å². The Bertz CT molecular complexity index is 520. The largest absolute Gasteiger partial charge is 0.465 e. The fraction of sp³-hybridized carbons (Fsp3) is 0.385. The molecule has 110 valence electrons. The minimum Gasteiger partial charge on any atom is -0.465 e. The van der Waals surface area contributed by atoms with Gasteiger partial charge in [0.1, 0.15) is 5.82 Å². The lowest BCUT2D eigenvalue weighted by atomic mass is 10.1. The number of anilines is 2. The summed E-state index contributed by atoms with van der Waals surface area (Å²) < 4.78 is 18.5. The van der Waals surface area contributed by atoms with Gasteiger partial charge in [-0.05, 0) is 12.1 Å². The summed E-state index contributed by atoms with van der Waals surface area (Å²) in [5.41, 5.74) is 5.88. The lowest BCUT2D eigenvalue weighted by Gasteiger charge is -2.20. The average molecular weight is 283 g/mol. The van der Waals surface area contributed by atoms with Crippen molar-refractivity contribution in [1.82, 2.24) is 5.32 Å². The molecule has 0 heterocycles. The Morgan fingerprint density at radius 3 is 2.65 bits per heavy atom. The van der Waals surface area contributed by atoms with E-state index in [1.165, 1.54) is 25.1 Å². The Hall–Kier alpha value is -2.31. The summed E-state index contributed by atoms with van der Waals surface area (Å²) in [6, 6.07) is 2.39. The average Bonchev–Trinajstić information content (AvgIpc) is 2.43. The molecule has 0 aliphatic carbocycles. The van der Waals surface area contributed by atoms with Gasteiger partial charge in [-0.2, -0.15) is 0 Å². The second-order valence-electron chi connectivity index (χ2n) is 4.23. The molecule has 6 nitrogen and oxygen atoms in total. The molecule has 20 heavy (non-hydrogen) atoms. The molecule has 0 aromatic heterocycles. The van der Waals surface area contributed by atoms with Crippen molar-refractivity contribution in [3.8, 4) is 0 Å². The van der Waals surface area contributed by atoms with Crippen LogP contribution in [0.3, 0.4) is 0 Å². The zero-order valence-electron chi connectivity index (χ0n) is 11.7. The van der Waals surface area contributed by atoms with Crippen LogP contribution in [-0.2, 0) is 9.53 Å². The lowest BCUT2D eigenvalue weighted by molar-refractivity contribution is -0.120. The van der Waals surface area contributed by atoms with E-state index in [0.717, 1.165) is 6.07 Å². The molecule has 3 N–H and O–H groups in total. The molecule has 0 fully saturated rings. The maximum atomic E-state index is 13.9. The summed E-state index contributed by atoms with van der Waals surface area (Å²) in [6.07, 6.45) is 0.213. The second kappa shape index (κ2) is 6.74. The van der Waals surface area contributed by atoms with Crippen LogP contribution in [0.2, 0.25) is 0 Å². The van der Waals surface area contributed by atoms with E-state index < -0.39 is 11.8 Å². The minimum atomic E-state index is -0.636.